The first-order valence-electron chi connectivity index (χ1n) is 11.9. The number of benzene rings is 2. The summed E-state index contributed by atoms with van der Waals surface area (Å²) in [5, 5.41) is 3.19. The molecule has 0 radical (unpaired) electrons. The zero-order chi connectivity index (χ0) is 23.1. The molecular weight excluding hydrogens is 398 g/mol. The number of carbonyl (C=O) groups excluding carboxylic acids is 2. The molecule has 3 rings (SSSR count). The Morgan fingerprint density at radius 3 is 2.38 bits per heavy atom. The van der Waals surface area contributed by atoms with E-state index in [1.165, 1.54) is 5.56 Å². The molecule has 0 spiro atoms. The van der Waals surface area contributed by atoms with E-state index >= 15 is 0 Å². The Morgan fingerprint density at radius 2 is 1.75 bits per heavy atom. The molecule has 0 unspecified atom stereocenters. The van der Waals surface area contributed by atoms with E-state index in [-0.39, 0.29) is 11.8 Å². The zero-order valence-corrected chi connectivity index (χ0v) is 19.9. The number of hydrogen-bond donors (Lipinski definition) is 1. The number of hydrogen-bond acceptors (Lipinski definition) is 3. The minimum absolute atomic E-state index is 0.0393. The van der Waals surface area contributed by atoms with Crippen LogP contribution in [0.25, 0.3) is 0 Å². The molecule has 0 atom stereocenters. The van der Waals surface area contributed by atoms with Gasteiger partial charge in [-0.1, -0.05) is 57.2 Å². The highest BCUT2D eigenvalue weighted by Crippen LogP contribution is 2.27. The highest BCUT2D eigenvalue weighted by atomic mass is 16.2. The van der Waals surface area contributed by atoms with Crippen molar-refractivity contribution in [2.45, 2.75) is 58.9 Å². The van der Waals surface area contributed by atoms with Gasteiger partial charge in [0.15, 0.2) is 0 Å². The van der Waals surface area contributed by atoms with Crippen LogP contribution < -0.4 is 5.32 Å². The van der Waals surface area contributed by atoms with Gasteiger partial charge in [0.2, 0.25) is 5.91 Å². The molecule has 2 aromatic carbocycles. The van der Waals surface area contributed by atoms with Gasteiger partial charge in [-0.05, 0) is 61.9 Å². The summed E-state index contributed by atoms with van der Waals surface area (Å²) in [4.78, 5) is 30.0. The number of nitrogens with zero attached hydrogens (tertiary/aromatic N) is 2. The molecule has 1 heterocycles. The van der Waals surface area contributed by atoms with Crippen molar-refractivity contribution in [3.8, 4) is 0 Å². The number of aryl methyl sites for hydroxylation is 1. The second kappa shape index (κ2) is 11.3. The van der Waals surface area contributed by atoms with E-state index in [0.717, 1.165) is 55.7 Å². The van der Waals surface area contributed by atoms with Gasteiger partial charge >= 0.3 is 0 Å². The first-order chi connectivity index (χ1) is 15.4. The minimum atomic E-state index is 0.0393. The maximum Gasteiger partial charge on any atom is 0.253 e. The average Bonchev–Trinajstić information content (AvgIpc) is 2.80. The van der Waals surface area contributed by atoms with Gasteiger partial charge in [-0.3, -0.25) is 14.5 Å². The smallest absolute Gasteiger partial charge is 0.253 e. The summed E-state index contributed by atoms with van der Waals surface area (Å²) in [6.07, 6.45) is 2.79. The summed E-state index contributed by atoms with van der Waals surface area (Å²) < 4.78 is 0. The van der Waals surface area contributed by atoms with Gasteiger partial charge in [0, 0.05) is 30.4 Å². The quantitative estimate of drug-likeness (QED) is 0.630. The number of para-hydroxylation sites is 1. The molecule has 1 aliphatic heterocycles. The van der Waals surface area contributed by atoms with Crippen molar-refractivity contribution in [2.75, 3.05) is 31.5 Å². The molecule has 32 heavy (non-hydrogen) atoms. The van der Waals surface area contributed by atoms with Crippen LogP contribution >= 0.6 is 0 Å². The fourth-order valence-electron chi connectivity index (χ4n) is 4.58. The Morgan fingerprint density at radius 1 is 1.06 bits per heavy atom. The van der Waals surface area contributed by atoms with Crippen molar-refractivity contribution >= 4 is 17.5 Å². The Bertz CT molecular complexity index is 902. The lowest BCUT2D eigenvalue weighted by Gasteiger charge is -2.38. The standard InChI is InChI=1S/C27H37N3O2/c1-5-16-30(19-25(31)28-26-21(4)10-9-13-24(26)20(2)3)23-14-17-29(18-15-23)27(32)22-11-7-6-8-12-22/h6-13,20,23H,5,14-19H2,1-4H3,(H,28,31). The van der Waals surface area contributed by atoms with Gasteiger partial charge < -0.3 is 10.2 Å². The van der Waals surface area contributed by atoms with Crippen LogP contribution in [-0.2, 0) is 4.79 Å². The number of nitrogens with one attached hydrogen (secondary N) is 1. The Kier molecular flexibility index (Phi) is 8.46. The van der Waals surface area contributed by atoms with E-state index in [1.54, 1.807) is 0 Å². The third-order valence-corrected chi connectivity index (χ3v) is 6.34. The number of piperidine rings is 1. The second-order valence-electron chi connectivity index (χ2n) is 9.10. The number of carbonyl (C=O) groups is 2. The third-order valence-electron chi connectivity index (χ3n) is 6.34. The molecule has 2 aromatic rings. The molecule has 0 saturated carbocycles. The molecule has 2 amide bonds. The summed E-state index contributed by atoms with van der Waals surface area (Å²) in [5.41, 5.74) is 3.97. The molecule has 1 saturated heterocycles. The van der Waals surface area contributed by atoms with Gasteiger partial charge in [0.25, 0.3) is 5.91 Å². The molecule has 5 nitrogen and oxygen atoms in total. The highest BCUT2D eigenvalue weighted by molar-refractivity contribution is 5.94. The number of likely N-dealkylation sites (tertiary alicyclic amines) is 1. The third kappa shape index (κ3) is 5.98. The largest absolute Gasteiger partial charge is 0.339 e. The molecule has 0 bridgehead atoms. The average molecular weight is 436 g/mol. The van der Waals surface area contributed by atoms with Gasteiger partial charge in [-0.25, -0.2) is 0 Å². The second-order valence-corrected chi connectivity index (χ2v) is 9.10. The van der Waals surface area contributed by atoms with Crippen molar-refractivity contribution in [3.05, 3.63) is 65.2 Å². The summed E-state index contributed by atoms with van der Waals surface area (Å²) in [6.45, 7) is 11.2. The molecule has 1 aliphatic rings. The predicted molar refractivity (Wildman–Crippen MR) is 131 cm³/mol. The molecule has 5 heteroatoms. The van der Waals surface area contributed by atoms with Crippen LogP contribution in [0.2, 0.25) is 0 Å². The Hall–Kier alpha value is -2.66. The van der Waals surface area contributed by atoms with Gasteiger partial charge in [-0.2, -0.15) is 0 Å². The summed E-state index contributed by atoms with van der Waals surface area (Å²) in [7, 11) is 0. The SMILES string of the molecule is CCCN(CC(=O)Nc1c(C)cccc1C(C)C)C1CCN(C(=O)c2ccccc2)CC1. The van der Waals surface area contributed by atoms with E-state index in [2.05, 4.69) is 37.1 Å². The number of amides is 2. The zero-order valence-electron chi connectivity index (χ0n) is 19.9. The van der Waals surface area contributed by atoms with Crippen LogP contribution in [0.15, 0.2) is 48.5 Å². The Balaban J connectivity index is 1.61. The van der Waals surface area contributed by atoms with Gasteiger partial charge in [0.05, 0.1) is 6.54 Å². The van der Waals surface area contributed by atoms with Gasteiger partial charge in [0.1, 0.15) is 0 Å². The maximum atomic E-state index is 13.0. The molecule has 0 aliphatic carbocycles. The fraction of sp³-hybridized carbons (Fsp3) is 0.481. The predicted octanol–water partition coefficient (Wildman–Crippen LogP) is 5.07. The molecule has 172 valence electrons. The lowest BCUT2D eigenvalue weighted by molar-refractivity contribution is -0.118. The Labute approximate surface area is 192 Å². The van der Waals surface area contributed by atoms with E-state index in [1.807, 2.05) is 54.3 Å². The van der Waals surface area contributed by atoms with Crippen molar-refractivity contribution in [1.82, 2.24) is 9.80 Å². The van der Waals surface area contributed by atoms with Crippen LogP contribution in [0.5, 0.6) is 0 Å². The van der Waals surface area contributed by atoms with Crippen LogP contribution in [-0.4, -0.2) is 53.8 Å². The number of rotatable bonds is 8. The van der Waals surface area contributed by atoms with Crippen LogP contribution in [0.4, 0.5) is 5.69 Å². The lowest BCUT2D eigenvalue weighted by atomic mass is 9.98. The maximum absolute atomic E-state index is 13.0. The van der Waals surface area contributed by atoms with Crippen LogP contribution in [0.3, 0.4) is 0 Å². The van der Waals surface area contributed by atoms with E-state index in [4.69, 9.17) is 0 Å². The van der Waals surface area contributed by atoms with Crippen molar-refractivity contribution in [1.29, 1.82) is 0 Å². The first-order valence-corrected chi connectivity index (χ1v) is 11.9. The summed E-state index contributed by atoms with van der Waals surface area (Å²) in [5.74, 6) is 0.491. The highest BCUT2D eigenvalue weighted by Gasteiger charge is 2.28. The topological polar surface area (TPSA) is 52.7 Å². The molecular formula is C27H37N3O2. The monoisotopic (exact) mass is 435 g/mol. The van der Waals surface area contributed by atoms with Crippen LogP contribution in [0, 0.1) is 6.92 Å². The normalized spacial score (nSPS) is 14.8. The first kappa shape index (κ1) is 24.0. The summed E-state index contributed by atoms with van der Waals surface area (Å²) in [6, 6.07) is 16.0. The summed E-state index contributed by atoms with van der Waals surface area (Å²) >= 11 is 0. The van der Waals surface area contributed by atoms with Crippen molar-refractivity contribution in [3.63, 3.8) is 0 Å². The molecule has 0 aromatic heterocycles. The van der Waals surface area contributed by atoms with Crippen LogP contribution in [0.1, 0.15) is 67.4 Å². The van der Waals surface area contributed by atoms with Gasteiger partial charge in [-0.15, -0.1) is 0 Å². The lowest BCUT2D eigenvalue weighted by Crippen LogP contribution is -2.49. The minimum Gasteiger partial charge on any atom is -0.339 e. The van der Waals surface area contributed by atoms with E-state index < -0.39 is 0 Å². The van der Waals surface area contributed by atoms with Crippen molar-refractivity contribution < 1.29 is 9.59 Å². The van der Waals surface area contributed by atoms with Crippen molar-refractivity contribution in [2.24, 2.45) is 0 Å². The molecule has 1 N–H and O–H groups in total. The number of anilines is 1. The van der Waals surface area contributed by atoms with E-state index in [0.29, 0.717) is 18.5 Å². The van der Waals surface area contributed by atoms with E-state index in [9.17, 15) is 9.59 Å². The fourth-order valence-corrected chi connectivity index (χ4v) is 4.58. The molecule has 1 fully saturated rings.